The van der Waals surface area contributed by atoms with Crippen LogP contribution in [0.3, 0.4) is 0 Å². The molecule has 1 amide bonds. The second-order valence-corrected chi connectivity index (χ2v) is 7.00. The van der Waals surface area contributed by atoms with E-state index in [0.29, 0.717) is 11.3 Å². The molecular formula is C18H14BrN7O5. The zero-order valence-electron chi connectivity index (χ0n) is 15.6. The summed E-state index contributed by atoms with van der Waals surface area (Å²) in [5.74, 6) is -0.796. The Morgan fingerprint density at radius 1 is 0.935 bits per heavy atom. The Labute approximate surface area is 183 Å². The number of rotatable bonds is 8. The van der Waals surface area contributed by atoms with Crippen molar-refractivity contribution in [1.29, 1.82) is 0 Å². The standard InChI is InChI=1S/C18H14BrN7O5/c19-12-3-5-13(6-4-12)22-17-16(26(30)31)18(21-10-20-17)24-23-15(27)9-11-1-7-14(8-2-11)25(28)29/h1-8,10H,9H2,(H,23,27)(H2,20,21,22,24). The molecule has 0 unspecified atom stereocenters. The van der Waals surface area contributed by atoms with E-state index in [1.807, 2.05) is 0 Å². The number of carbonyl (C=O) groups is 1. The third-order valence-electron chi connectivity index (χ3n) is 3.94. The van der Waals surface area contributed by atoms with Crippen LogP contribution >= 0.6 is 15.9 Å². The Balaban J connectivity index is 1.70. The molecule has 1 heterocycles. The highest BCUT2D eigenvalue weighted by atomic mass is 79.9. The first kappa shape index (κ1) is 21.6. The molecule has 3 N–H and O–H groups in total. The molecule has 3 rings (SSSR count). The Morgan fingerprint density at radius 2 is 1.58 bits per heavy atom. The van der Waals surface area contributed by atoms with Crippen molar-refractivity contribution in [2.45, 2.75) is 6.42 Å². The fraction of sp³-hybridized carbons (Fsp3) is 0.0556. The van der Waals surface area contributed by atoms with Gasteiger partial charge >= 0.3 is 5.69 Å². The number of hydrogen-bond donors (Lipinski definition) is 3. The lowest BCUT2D eigenvalue weighted by Crippen LogP contribution is -2.31. The molecule has 0 saturated heterocycles. The number of anilines is 3. The first-order valence-corrected chi connectivity index (χ1v) is 9.43. The van der Waals surface area contributed by atoms with Gasteiger partial charge in [-0.15, -0.1) is 0 Å². The molecule has 0 fully saturated rings. The number of aromatic nitrogens is 2. The zero-order chi connectivity index (χ0) is 22.4. The van der Waals surface area contributed by atoms with Gasteiger partial charge in [-0.2, -0.15) is 0 Å². The Bertz CT molecular complexity index is 1120. The maximum atomic E-state index is 12.2. The fourth-order valence-corrected chi connectivity index (χ4v) is 2.76. The molecule has 2 aromatic carbocycles. The molecular weight excluding hydrogens is 474 g/mol. The number of halogens is 1. The summed E-state index contributed by atoms with van der Waals surface area (Å²) < 4.78 is 0.841. The highest BCUT2D eigenvalue weighted by Gasteiger charge is 2.23. The number of nitro benzene ring substituents is 1. The number of non-ortho nitro benzene ring substituents is 1. The second-order valence-electron chi connectivity index (χ2n) is 6.08. The highest BCUT2D eigenvalue weighted by Crippen LogP contribution is 2.31. The summed E-state index contributed by atoms with van der Waals surface area (Å²) in [7, 11) is 0. The Kier molecular flexibility index (Phi) is 6.67. The van der Waals surface area contributed by atoms with Crippen molar-refractivity contribution < 1.29 is 14.6 Å². The summed E-state index contributed by atoms with van der Waals surface area (Å²) in [5, 5.41) is 25.1. The molecule has 0 aliphatic heterocycles. The summed E-state index contributed by atoms with van der Waals surface area (Å²) in [6, 6.07) is 12.4. The van der Waals surface area contributed by atoms with Crippen molar-refractivity contribution in [3.05, 3.63) is 85.1 Å². The molecule has 0 saturated carbocycles. The third-order valence-corrected chi connectivity index (χ3v) is 4.47. The quantitative estimate of drug-likeness (QED) is 0.318. The minimum atomic E-state index is -0.675. The molecule has 3 aromatic rings. The van der Waals surface area contributed by atoms with E-state index in [1.165, 1.54) is 24.3 Å². The number of amides is 1. The average molecular weight is 488 g/mol. The van der Waals surface area contributed by atoms with E-state index in [0.717, 1.165) is 10.8 Å². The van der Waals surface area contributed by atoms with Gasteiger partial charge in [-0.1, -0.05) is 28.1 Å². The lowest BCUT2D eigenvalue weighted by molar-refractivity contribution is -0.384. The van der Waals surface area contributed by atoms with Gasteiger partial charge in [-0.25, -0.2) is 9.97 Å². The second kappa shape index (κ2) is 9.58. The Hall–Kier alpha value is -4.13. The van der Waals surface area contributed by atoms with Crippen LogP contribution in [0.4, 0.5) is 28.7 Å². The summed E-state index contributed by atoms with van der Waals surface area (Å²) >= 11 is 3.31. The first-order valence-electron chi connectivity index (χ1n) is 8.63. The monoisotopic (exact) mass is 487 g/mol. The maximum Gasteiger partial charge on any atom is 0.355 e. The molecule has 13 heteroatoms. The fourth-order valence-electron chi connectivity index (χ4n) is 2.50. The number of nitrogens with one attached hydrogen (secondary N) is 3. The largest absolute Gasteiger partial charge is 0.355 e. The van der Waals surface area contributed by atoms with Crippen LogP contribution in [0.5, 0.6) is 0 Å². The summed E-state index contributed by atoms with van der Waals surface area (Å²) in [6.07, 6.45) is 1.01. The van der Waals surface area contributed by atoms with E-state index in [1.54, 1.807) is 24.3 Å². The predicted octanol–water partition coefficient (Wildman–Crippen LogP) is 3.48. The van der Waals surface area contributed by atoms with Gasteiger partial charge in [0.05, 0.1) is 16.3 Å². The number of nitrogens with zero attached hydrogens (tertiary/aromatic N) is 4. The van der Waals surface area contributed by atoms with E-state index >= 15 is 0 Å². The van der Waals surface area contributed by atoms with E-state index in [9.17, 15) is 25.0 Å². The van der Waals surface area contributed by atoms with Gasteiger partial charge in [0.15, 0.2) is 0 Å². The number of hydrazine groups is 1. The van der Waals surface area contributed by atoms with E-state index in [-0.39, 0.29) is 23.7 Å². The molecule has 0 aliphatic carbocycles. The van der Waals surface area contributed by atoms with Crippen LogP contribution in [0.15, 0.2) is 59.3 Å². The van der Waals surface area contributed by atoms with Gasteiger partial charge in [-0.3, -0.25) is 35.9 Å². The highest BCUT2D eigenvalue weighted by molar-refractivity contribution is 9.10. The van der Waals surface area contributed by atoms with Crippen molar-refractivity contribution in [3.63, 3.8) is 0 Å². The molecule has 158 valence electrons. The van der Waals surface area contributed by atoms with Crippen molar-refractivity contribution in [3.8, 4) is 0 Å². The van der Waals surface area contributed by atoms with Crippen LogP contribution in [0.1, 0.15) is 5.56 Å². The minimum absolute atomic E-state index is 0.0607. The number of hydrogen-bond acceptors (Lipinski definition) is 9. The number of benzene rings is 2. The minimum Gasteiger partial charge on any atom is -0.334 e. The smallest absolute Gasteiger partial charge is 0.334 e. The van der Waals surface area contributed by atoms with Crippen molar-refractivity contribution in [2.24, 2.45) is 0 Å². The molecule has 12 nitrogen and oxygen atoms in total. The van der Waals surface area contributed by atoms with Crippen LogP contribution in [-0.4, -0.2) is 25.7 Å². The maximum absolute atomic E-state index is 12.2. The van der Waals surface area contributed by atoms with Gasteiger partial charge in [0.2, 0.25) is 17.5 Å². The predicted molar refractivity (Wildman–Crippen MR) is 115 cm³/mol. The van der Waals surface area contributed by atoms with Gasteiger partial charge in [0.25, 0.3) is 5.69 Å². The van der Waals surface area contributed by atoms with Crippen LogP contribution < -0.4 is 16.2 Å². The SMILES string of the molecule is O=C(Cc1ccc([N+](=O)[O-])cc1)NNc1ncnc(Nc2ccc(Br)cc2)c1[N+](=O)[O-]. The van der Waals surface area contributed by atoms with E-state index in [2.05, 4.69) is 42.1 Å². The average Bonchev–Trinajstić information content (AvgIpc) is 2.74. The van der Waals surface area contributed by atoms with Crippen LogP contribution in [0, 0.1) is 20.2 Å². The molecule has 1 aromatic heterocycles. The summed E-state index contributed by atoms with van der Waals surface area (Å²) in [5.41, 5.74) is 5.30. The van der Waals surface area contributed by atoms with Crippen molar-refractivity contribution in [2.75, 3.05) is 10.7 Å². The molecule has 0 radical (unpaired) electrons. The molecule has 0 bridgehead atoms. The molecule has 31 heavy (non-hydrogen) atoms. The van der Waals surface area contributed by atoms with E-state index < -0.39 is 21.4 Å². The van der Waals surface area contributed by atoms with Gasteiger partial charge in [0.1, 0.15) is 6.33 Å². The summed E-state index contributed by atoms with van der Waals surface area (Å²) in [6.45, 7) is 0. The van der Waals surface area contributed by atoms with Crippen LogP contribution in [0.25, 0.3) is 0 Å². The van der Waals surface area contributed by atoms with Crippen LogP contribution in [-0.2, 0) is 11.2 Å². The lowest BCUT2D eigenvalue weighted by Gasteiger charge is -2.11. The normalized spacial score (nSPS) is 10.2. The topological polar surface area (TPSA) is 165 Å². The lowest BCUT2D eigenvalue weighted by atomic mass is 10.1. The summed E-state index contributed by atoms with van der Waals surface area (Å²) in [4.78, 5) is 40.9. The van der Waals surface area contributed by atoms with E-state index in [4.69, 9.17) is 0 Å². The third kappa shape index (κ3) is 5.70. The van der Waals surface area contributed by atoms with Gasteiger partial charge in [-0.05, 0) is 29.8 Å². The molecule has 0 spiro atoms. The van der Waals surface area contributed by atoms with Crippen molar-refractivity contribution in [1.82, 2.24) is 15.4 Å². The zero-order valence-corrected chi connectivity index (χ0v) is 17.2. The van der Waals surface area contributed by atoms with Crippen LogP contribution in [0.2, 0.25) is 0 Å². The molecule has 0 aliphatic rings. The number of nitro groups is 2. The first-order chi connectivity index (χ1) is 14.8. The number of carbonyl (C=O) groups excluding carboxylic acids is 1. The van der Waals surface area contributed by atoms with Crippen molar-refractivity contribution >= 4 is 50.5 Å². The Morgan fingerprint density at radius 3 is 2.19 bits per heavy atom. The van der Waals surface area contributed by atoms with Gasteiger partial charge in [0, 0.05) is 22.3 Å². The molecule has 0 atom stereocenters. The van der Waals surface area contributed by atoms with Gasteiger partial charge < -0.3 is 5.32 Å².